The number of ether oxygens (including phenoxy) is 2. The summed E-state index contributed by atoms with van der Waals surface area (Å²) in [7, 11) is 1.52. The van der Waals surface area contributed by atoms with Gasteiger partial charge in [-0.3, -0.25) is 4.79 Å². The highest BCUT2D eigenvalue weighted by Crippen LogP contribution is 2.23. The molecule has 1 aromatic heterocycles. The van der Waals surface area contributed by atoms with Crippen LogP contribution in [0.25, 0.3) is 0 Å². The van der Waals surface area contributed by atoms with Crippen LogP contribution in [0.3, 0.4) is 0 Å². The molecule has 2 rings (SSSR count). The van der Waals surface area contributed by atoms with Crippen molar-refractivity contribution in [3.8, 4) is 5.88 Å². The van der Waals surface area contributed by atoms with Crippen molar-refractivity contribution in [2.45, 2.75) is 19.4 Å². The zero-order valence-corrected chi connectivity index (χ0v) is 8.89. The lowest BCUT2D eigenvalue weighted by molar-refractivity contribution is -0.136. The third-order valence-corrected chi connectivity index (χ3v) is 2.34. The molecule has 1 aliphatic rings. The van der Waals surface area contributed by atoms with E-state index in [4.69, 9.17) is 14.6 Å². The van der Waals surface area contributed by atoms with Crippen LogP contribution in [-0.4, -0.2) is 34.8 Å². The second kappa shape index (κ2) is 4.44. The van der Waals surface area contributed by atoms with Crippen LogP contribution in [0.1, 0.15) is 17.1 Å². The fourth-order valence-electron chi connectivity index (χ4n) is 1.65. The van der Waals surface area contributed by atoms with E-state index >= 15 is 0 Å². The van der Waals surface area contributed by atoms with Crippen molar-refractivity contribution >= 4 is 5.97 Å². The lowest BCUT2D eigenvalue weighted by Crippen LogP contribution is -2.17. The Kier molecular flexibility index (Phi) is 3.00. The summed E-state index contributed by atoms with van der Waals surface area (Å²) in [5.74, 6) is -0.239. The molecule has 0 aliphatic carbocycles. The fourth-order valence-corrected chi connectivity index (χ4v) is 1.65. The van der Waals surface area contributed by atoms with Crippen molar-refractivity contribution in [1.29, 1.82) is 0 Å². The van der Waals surface area contributed by atoms with E-state index < -0.39 is 5.97 Å². The second-order valence-electron chi connectivity index (χ2n) is 3.45. The van der Waals surface area contributed by atoms with E-state index in [-0.39, 0.29) is 12.2 Å². The molecular weight excluding hydrogens is 212 g/mol. The second-order valence-corrected chi connectivity index (χ2v) is 3.45. The summed E-state index contributed by atoms with van der Waals surface area (Å²) in [4.78, 5) is 18.8. The van der Waals surface area contributed by atoms with E-state index in [9.17, 15) is 4.79 Å². The van der Waals surface area contributed by atoms with Gasteiger partial charge in [0.15, 0.2) is 0 Å². The van der Waals surface area contributed by atoms with Gasteiger partial charge in [0.1, 0.15) is 12.2 Å². The van der Waals surface area contributed by atoms with Gasteiger partial charge in [-0.2, -0.15) is 4.98 Å². The maximum Gasteiger partial charge on any atom is 0.311 e. The van der Waals surface area contributed by atoms with Crippen LogP contribution in [0, 0.1) is 0 Å². The number of aliphatic carboxylic acids is 1. The first-order valence-corrected chi connectivity index (χ1v) is 4.93. The van der Waals surface area contributed by atoms with Gasteiger partial charge in [0.05, 0.1) is 26.0 Å². The van der Waals surface area contributed by atoms with Gasteiger partial charge < -0.3 is 14.6 Å². The maximum absolute atomic E-state index is 10.6. The first-order chi connectivity index (χ1) is 7.70. The lowest BCUT2D eigenvalue weighted by Gasteiger charge is -2.18. The molecule has 1 aromatic rings. The molecular formula is C10H12N2O4. The topological polar surface area (TPSA) is 81.5 Å². The quantitative estimate of drug-likeness (QED) is 0.789. The lowest BCUT2D eigenvalue weighted by atomic mass is 10.1. The van der Waals surface area contributed by atoms with Crippen molar-refractivity contribution < 1.29 is 19.4 Å². The smallest absolute Gasteiger partial charge is 0.311 e. The molecule has 16 heavy (non-hydrogen) atoms. The average molecular weight is 224 g/mol. The Balaban J connectivity index is 2.39. The molecule has 0 saturated heterocycles. The molecule has 0 fully saturated rings. The van der Waals surface area contributed by atoms with Crippen LogP contribution >= 0.6 is 0 Å². The van der Waals surface area contributed by atoms with Gasteiger partial charge in [-0.15, -0.1) is 0 Å². The Morgan fingerprint density at radius 1 is 1.56 bits per heavy atom. The van der Waals surface area contributed by atoms with Gasteiger partial charge in [-0.05, 0) is 0 Å². The van der Waals surface area contributed by atoms with Gasteiger partial charge in [0.25, 0.3) is 0 Å². The number of nitrogens with zero attached hydrogens (tertiary/aromatic N) is 2. The molecule has 0 atom stereocenters. The van der Waals surface area contributed by atoms with Gasteiger partial charge in [-0.25, -0.2) is 4.98 Å². The van der Waals surface area contributed by atoms with E-state index in [1.54, 1.807) is 0 Å². The minimum Gasteiger partial charge on any atom is -0.481 e. The van der Waals surface area contributed by atoms with Crippen molar-refractivity contribution in [1.82, 2.24) is 9.97 Å². The van der Waals surface area contributed by atoms with Crippen LogP contribution < -0.4 is 4.74 Å². The molecule has 0 bridgehead atoms. The number of hydrogen-bond donors (Lipinski definition) is 1. The van der Waals surface area contributed by atoms with Crippen LogP contribution in [0.4, 0.5) is 0 Å². The van der Waals surface area contributed by atoms with Gasteiger partial charge in [0, 0.05) is 12.0 Å². The highest BCUT2D eigenvalue weighted by atomic mass is 16.5. The SMILES string of the molecule is COc1nc(CC(=O)O)nc2c1CCOC2. The van der Waals surface area contributed by atoms with E-state index in [0.29, 0.717) is 25.5 Å². The highest BCUT2D eigenvalue weighted by Gasteiger charge is 2.19. The number of rotatable bonds is 3. The standard InChI is InChI=1S/C10H12N2O4/c1-15-10-6-2-3-16-5-7(6)11-8(12-10)4-9(13)14/h2-5H2,1H3,(H,13,14). The Morgan fingerprint density at radius 3 is 3.06 bits per heavy atom. The van der Waals surface area contributed by atoms with Crippen LogP contribution in [-0.2, 0) is 29.0 Å². The predicted octanol–water partition coefficient (Wildman–Crippen LogP) is 0.185. The van der Waals surface area contributed by atoms with E-state index in [0.717, 1.165) is 11.3 Å². The molecule has 0 spiro atoms. The van der Waals surface area contributed by atoms with Gasteiger partial charge in [0.2, 0.25) is 5.88 Å². The van der Waals surface area contributed by atoms with E-state index in [1.165, 1.54) is 7.11 Å². The fraction of sp³-hybridized carbons (Fsp3) is 0.500. The molecule has 0 aromatic carbocycles. The number of carbonyl (C=O) groups is 1. The Morgan fingerprint density at radius 2 is 2.38 bits per heavy atom. The third-order valence-electron chi connectivity index (χ3n) is 2.34. The number of carboxylic acids is 1. The van der Waals surface area contributed by atoms with Crippen molar-refractivity contribution in [2.24, 2.45) is 0 Å². The molecule has 1 N–H and O–H groups in total. The molecule has 0 saturated carbocycles. The van der Waals surface area contributed by atoms with Crippen LogP contribution in [0.15, 0.2) is 0 Å². The molecule has 0 unspecified atom stereocenters. The summed E-state index contributed by atoms with van der Waals surface area (Å²) in [6.07, 6.45) is 0.496. The first-order valence-electron chi connectivity index (χ1n) is 4.93. The normalized spacial score (nSPS) is 14.3. The summed E-state index contributed by atoms with van der Waals surface area (Å²) in [6.45, 7) is 1.01. The Bertz CT molecular complexity index is 402. The van der Waals surface area contributed by atoms with Gasteiger partial charge in [-0.1, -0.05) is 0 Å². The zero-order valence-electron chi connectivity index (χ0n) is 8.89. The summed E-state index contributed by atoms with van der Waals surface area (Å²) >= 11 is 0. The first kappa shape index (κ1) is 10.8. The third kappa shape index (κ3) is 2.11. The maximum atomic E-state index is 10.6. The Labute approximate surface area is 92.2 Å². The minimum absolute atomic E-state index is 0.205. The molecule has 2 heterocycles. The number of carboxylic acid groups (broad SMARTS) is 1. The molecule has 0 radical (unpaired) electrons. The van der Waals surface area contributed by atoms with Crippen LogP contribution in [0.5, 0.6) is 5.88 Å². The molecule has 0 amide bonds. The number of hydrogen-bond acceptors (Lipinski definition) is 5. The highest BCUT2D eigenvalue weighted by molar-refractivity contribution is 5.69. The van der Waals surface area contributed by atoms with Crippen molar-refractivity contribution in [3.05, 3.63) is 17.1 Å². The van der Waals surface area contributed by atoms with E-state index in [2.05, 4.69) is 9.97 Å². The largest absolute Gasteiger partial charge is 0.481 e. The molecule has 6 heteroatoms. The van der Waals surface area contributed by atoms with Crippen molar-refractivity contribution in [2.75, 3.05) is 13.7 Å². The van der Waals surface area contributed by atoms with E-state index in [1.807, 2.05) is 0 Å². The molecule has 86 valence electrons. The molecule has 1 aliphatic heterocycles. The number of aromatic nitrogens is 2. The number of fused-ring (bicyclic) bond motifs is 1. The molecule has 6 nitrogen and oxygen atoms in total. The summed E-state index contributed by atoms with van der Waals surface area (Å²) in [5, 5.41) is 8.68. The summed E-state index contributed by atoms with van der Waals surface area (Å²) in [5.41, 5.74) is 1.65. The predicted molar refractivity (Wildman–Crippen MR) is 53.3 cm³/mol. The monoisotopic (exact) mass is 224 g/mol. The zero-order chi connectivity index (χ0) is 11.5. The minimum atomic E-state index is -0.960. The Hall–Kier alpha value is -1.69. The summed E-state index contributed by atoms with van der Waals surface area (Å²) in [6, 6.07) is 0. The van der Waals surface area contributed by atoms with Crippen LogP contribution in [0.2, 0.25) is 0 Å². The van der Waals surface area contributed by atoms with Gasteiger partial charge >= 0.3 is 5.97 Å². The summed E-state index contributed by atoms with van der Waals surface area (Å²) < 4.78 is 10.4. The average Bonchev–Trinajstić information content (AvgIpc) is 2.27. The number of methoxy groups -OCH3 is 1. The van der Waals surface area contributed by atoms with Crippen molar-refractivity contribution in [3.63, 3.8) is 0 Å².